The van der Waals surface area contributed by atoms with Gasteiger partial charge in [0.15, 0.2) is 0 Å². The maximum absolute atomic E-state index is 10.9. The highest BCUT2D eigenvalue weighted by Gasteiger charge is 2.32. The van der Waals surface area contributed by atoms with Crippen molar-refractivity contribution in [2.45, 2.75) is 95.7 Å². The molecule has 6 rings (SSSR count). The van der Waals surface area contributed by atoms with Gasteiger partial charge in [0.1, 0.15) is 12.2 Å². The van der Waals surface area contributed by atoms with Gasteiger partial charge in [0, 0.05) is 29.8 Å². The first-order valence-corrected chi connectivity index (χ1v) is 19.6. The molecule has 0 saturated carbocycles. The van der Waals surface area contributed by atoms with E-state index in [-0.39, 0.29) is 31.6 Å². The highest BCUT2D eigenvalue weighted by molar-refractivity contribution is 9.10. The van der Waals surface area contributed by atoms with Crippen molar-refractivity contribution in [3.05, 3.63) is 91.9 Å². The van der Waals surface area contributed by atoms with Gasteiger partial charge in [0.05, 0.1) is 43.7 Å². The Bertz CT molecular complexity index is 1910. The van der Waals surface area contributed by atoms with Crippen molar-refractivity contribution in [1.82, 2.24) is 15.3 Å². The second kappa shape index (κ2) is 18.5. The Labute approximate surface area is 334 Å². The van der Waals surface area contributed by atoms with Crippen LogP contribution in [0, 0.1) is 6.92 Å². The Morgan fingerprint density at radius 2 is 1.36 bits per heavy atom. The smallest absolute Gasteiger partial charge is 0.306 e. The number of hydrogen-bond donors (Lipinski definition) is 5. The minimum Gasteiger partial charge on any atom is -0.481 e. The number of aliphatic hydroxyl groups is 2. The average Bonchev–Trinajstić information content (AvgIpc) is 3.77. The van der Waals surface area contributed by atoms with E-state index in [4.69, 9.17) is 34.1 Å². The summed E-state index contributed by atoms with van der Waals surface area (Å²) in [6.45, 7) is 2.38. The first kappa shape index (κ1) is 40.9. The normalized spacial score (nSPS) is 16.8. The summed E-state index contributed by atoms with van der Waals surface area (Å²) in [6.07, 6.45) is 1.91. The number of pyridine rings is 2. The predicted octanol–water partition coefficient (Wildman–Crippen LogP) is 6.45. The molecule has 5 N–H and O–H groups in total. The Morgan fingerprint density at radius 1 is 0.804 bits per heavy atom. The molecule has 298 valence electrons. The van der Waals surface area contributed by atoms with Crippen LogP contribution in [-0.4, -0.2) is 75.3 Å². The molecule has 13 nitrogen and oxygen atoms in total. The van der Waals surface area contributed by atoms with Crippen LogP contribution in [0.1, 0.15) is 89.7 Å². The van der Waals surface area contributed by atoms with Crippen LogP contribution in [0.3, 0.4) is 0 Å². The van der Waals surface area contributed by atoms with E-state index in [1.165, 1.54) is 29.4 Å². The fraction of sp³-hybridized carbons (Fsp3) is 0.429. The number of benzene rings is 2. The average molecular weight is 835 g/mol. The molecule has 0 unspecified atom stereocenters. The van der Waals surface area contributed by atoms with Crippen LogP contribution in [0.2, 0.25) is 0 Å². The van der Waals surface area contributed by atoms with Crippen LogP contribution >= 0.6 is 15.9 Å². The number of carboxylic acids is 2. The van der Waals surface area contributed by atoms with Crippen LogP contribution in [0.25, 0.3) is 11.1 Å². The number of fused-ring (bicyclic) bond motifs is 2. The molecule has 0 saturated heterocycles. The zero-order chi connectivity index (χ0) is 39.9. The molecule has 2 aliphatic rings. The predicted molar refractivity (Wildman–Crippen MR) is 210 cm³/mol. The number of carboxylic acid groups (broad SMARTS) is 2. The van der Waals surface area contributed by atoms with Gasteiger partial charge in [0.25, 0.3) is 0 Å². The van der Waals surface area contributed by atoms with Gasteiger partial charge in [-0.1, -0.05) is 36.4 Å². The Kier molecular flexibility index (Phi) is 13.5. The lowest BCUT2D eigenvalue weighted by Crippen LogP contribution is -2.28. The highest BCUT2D eigenvalue weighted by Crippen LogP contribution is 2.46. The number of methoxy groups -OCH3 is 2. The Hall–Kier alpha value is -4.76. The summed E-state index contributed by atoms with van der Waals surface area (Å²) >= 11 is 3.62. The summed E-state index contributed by atoms with van der Waals surface area (Å²) in [7, 11) is 3.10. The van der Waals surface area contributed by atoms with E-state index < -0.39 is 24.1 Å². The molecule has 0 aliphatic heterocycles. The van der Waals surface area contributed by atoms with Gasteiger partial charge < -0.3 is 44.7 Å². The number of halogens is 1. The van der Waals surface area contributed by atoms with Gasteiger partial charge in [-0.2, -0.15) is 9.97 Å². The van der Waals surface area contributed by atoms with Crippen molar-refractivity contribution in [2.24, 2.45) is 0 Å². The fourth-order valence-electron chi connectivity index (χ4n) is 7.72. The summed E-state index contributed by atoms with van der Waals surface area (Å²) in [4.78, 5) is 31.2. The minimum absolute atomic E-state index is 0.110. The zero-order valence-electron chi connectivity index (χ0n) is 31.7. The number of rotatable bonds is 19. The molecule has 2 aromatic heterocycles. The van der Waals surface area contributed by atoms with E-state index >= 15 is 0 Å². The lowest BCUT2D eigenvalue weighted by Gasteiger charge is -2.19. The topological polar surface area (TPSA) is 190 Å². The quantitative estimate of drug-likeness (QED) is 0.0694. The maximum Gasteiger partial charge on any atom is 0.306 e. The van der Waals surface area contributed by atoms with Crippen LogP contribution < -0.4 is 24.3 Å². The van der Waals surface area contributed by atoms with Gasteiger partial charge in [-0.25, -0.2) is 0 Å². The first-order valence-electron chi connectivity index (χ1n) is 18.8. The number of aryl methyl sites for hydroxylation is 2. The van der Waals surface area contributed by atoms with Gasteiger partial charge in [0.2, 0.25) is 23.5 Å². The molecule has 0 radical (unpaired) electrons. The van der Waals surface area contributed by atoms with Gasteiger partial charge >= 0.3 is 11.9 Å². The number of aliphatic hydroxyl groups excluding tert-OH is 2. The SMILES string of the molecule is COc1nc(O[C@H]2CCc3c(-c4cccc5c4CC[C@@H]5Oc4nc(OC)c(CNC[C@@H](O)CC(=O)O)cc4Br)cccc32)c(C)cc1CCC[C@@H](O)CC(=O)O. The highest BCUT2D eigenvalue weighted by atomic mass is 79.9. The van der Waals surface area contributed by atoms with E-state index in [1.807, 2.05) is 19.1 Å². The largest absolute Gasteiger partial charge is 0.481 e. The summed E-state index contributed by atoms with van der Waals surface area (Å²) < 4.78 is 25.0. The molecule has 2 heterocycles. The third kappa shape index (κ3) is 9.60. The molecular weight excluding hydrogens is 786 g/mol. The van der Waals surface area contributed by atoms with Gasteiger partial charge in [-0.15, -0.1) is 0 Å². The molecule has 0 amide bonds. The van der Waals surface area contributed by atoms with Crippen molar-refractivity contribution >= 4 is 27.9 Å². The molecule has 4 atom stereocenters. The molecule has 0 bridgehead atoms. The van der Waals surface area contributed by atoms with Crippen molar-refractivity contribution < 1.29 is 49.0 Å². The van der Waals surface area contributed by atoms with Crippen LogP contribution in [0.4, 0.5) is 0 Å². The second-order valence-electron chi connectivity index (χ2n) is 14.3. The Balaban J connectivity index is 1.16. The second-order valence-corrected chi connectivity index (χ2v) is 15.1. The standard InChI is InChI=1S/C42H48BrN3O10/c1-23-17-24(7-4-8-26(47)19-37(49)50)40(53-2)45-39(23)55-35-15-13-30-28(9-5-11-32(30)35)29-10-6-12-33-31(29)14-16-36(33)56-42-34(43)18-25(41(46-42)54-3)21-44-22-27(48)20-38(51)52/h5-6,9-12,17-18,26-27,35-36,44,47-48H,4,7-8,13-16,19-22H2,1-3H3,(H,49,50)(H,51,52)/t26-,27+,35+,36+/m1/s1. The molecule has 56 heavy (non-hydrogen) atoms. The van der Waals surface area contributed by atoms with E-state index in [1.54, 1.807) is 7.11 Å². The number of nitrogens with zero attached hydrogens (tertiary/aromatic N) is 2. The molecule has 0 fully saturated rings. The first-order chi connectivity index (χ1) is 26.9. The van der Waals surface area contributed by atoms with Crippen molar-refractivity contribution in [3.63, 3.8) is 0 Å². The molecule has 14 heteroatoms. The molecule has 2 aliphatic carbocycles. The number of carbonyl (C=O) groups is 2. The molecule has 0 spiro atoms. The summed E-state index contributed by atoms with van der Waals surface area (Å²) in [5.41, 5.74) is 9.59. The van der Waals surface area contributed by atoms with Gasteiger partial charge in [-0.3, -0.25) is 9.59 Å². The van der Waals surface area contributed by atoms with Gasteiger partial charge in [-0.05, 0) is 113 Å². The maximum atomic E-state index is 10.9. The van der Waals surface area contributed by atoms with Crippen LogP contribution in [-0.2, 0) is 35.4 Å². The Morgan fingerprint density at radius 3 is 1.95 bits per heavy atom. The van der Waals surface area contributed by atoms with Crippen LogP contribution in [0.5, 0.6) is 23.5 Å². The number of ether oxygens (including phenoxy) is 4. The number of hydrogen-bond acceptors (Lipinski definition) is 11. The molecular formula is C42H48BrN3O10. The lowest BCUT2D eigenvalue weighted by molar-refractivity contribution is -0.140. The summed E-state index contributed by atoms with van der Waals surface area (Å²) in [5.74, 6) is -0.331. The fourth-order valence-corrected chi connectivity index (χ4v) is 8.18. The lowest BCUT2D eigenvalue weighted by atomic mass is 9.91. The monoisotopic (exact) mass is 833 g/mol. The molecule has 2 aromatic carbocycles. The van der Waals surface area contributed by atoms with Crippen molar-refractivity contribution in [2.75, 3.05) is 20.8 Å². The van der Waals surface area contributed by atoms with E-state index in [0.29, 0.717) is 53.8 Å². The van der Waals surface area contributed by atoms with E-state index in [2.05, 4.69) is 62.6 Å². The minimum atomic E-state index is -1.06. The van der Waals surface area contributed by atoms with Crippen molar-refractivity contribution in [1.29, 1.82) is 0 Å². The third-order valence-electron chi connectivity index (χ3n) is 10.3. The zero-order valence-corrected chi connectivity index (χ0v) is 33.3. The third-order valence-corrected chi connectivity index (χ3v) is 10.9. The van der Waals surface area contributed by atoms with E-state index in [0.717, 1.165) is 53.5 Å². The number of aliphatic carboxylic acids is 2. The molecule has 4 aromatic rings. The summed E-state index contributed by atoms with van der Waals surface area (Å²) in [6, 6.07) is 16.6. The van der Waals surface area contributed by atoms with E-state index in [9.17, 15) is 19.8 Å². The van der Waals surface area contributed by atoms with Crippen LogP contribution in [0.15, 0.2) is 53.0 Å². The number of aromatic nitrogens is 2. The summed E-state index contributed by atoms with van der Waals surface area (Å²) in [5, 5.41) is 40.8. The van der Waals surface area contributed by atoms with Crippen molar-refractivity contribution in [3.8, 4) is 34.6 Å². The number of nitrogens with one attached hydrogen (secondary N) is 1.